The van der Waals surface area contributed by atoms with E-state index in [-0.39, 0.29) is 6.54 Å². The van der Waals surface area contributed by atoms with Crippen molar-refractivity contribution in [2.75, 3.05) is 33.8 Å². The summed E-state index contributed by atoms with van der Waals surface area (Å²) in [6, 6.07) is 0. The molecular formula is C14H35N3O3. The Hall–Kier alpha value is -1.01. The summed E-state index contributed by atoms with van der Waals surface area (Å²) in [5.74, 6) is 0. The molecule has 0 fully saturated rings. The van der Waals surface area contributed by atoms with E-state index in [9.17, 15) is 0 Å². The van der Waals surface area contributed by atoms with Crippen LogP contribution in [-0.4, -0.2) is 45.0 Å². The fourth-order valence-electron chi connectivity index (χ4n) is 0.790. The number of unbranched alkanes of at least 4 members (excludes halogenated alkanes) is 2. The quantitative estimate of drug-likeness (QED) is 0.337. The van der Waals surface area contributed by atoms with Crippen LogP contribution in [0.25, 0.3) is 0 Å². The smallest absolute Gasteiger partial charge is 0.154 e. The number of nitrogens with two attached hydrogens (primary N) is 1. The first-order chi connectivity index (χ1) is 9.55. The summed E-state index contributed by atoms with van der Waals surface area (Å²) in [7, 11) is 3.38. The molecule has 0 bridgehead atoms. The number of carbonyl (C=O) groups is 1. The molecule has 0 saturated carbocycles. The molecule has 0 aromatic carbocycles. The van der Waals surface area contributed by atoms with Gasteiger partial charge in [-0.25, -0.2) is 0 Å². The predicted molar refractivity (Wildman–Crippen MR) is 86.6 cm³/mol. The first-order valence-electron chi connectivity index (χ1n) is 7.23. The van der Waals surface area contributed by atoms with Gasteiger partial charge in [0.15, 0.2) is 5.34 Å². The van der Waals surface area contributed by atoms with Crippen molar-refractivity contribution in [2.45, 2.75) is 53.4 Å². The van der Waals surface area contributed by atoms with Gasteiger partial charge in [-0.2, -0.15) is 0 Å². The van der Waals surface area contributed by atoms with Gasteiger partial charge >= 0.3 is 0 Å². The molecule has 124 valence electrons. The molecule has 0 rings (SSSR count). The van der Waals surface area contributed by atoms with Crippen LogP contribution in [0.15, 0.2) is 5.34 Å². The molecule has 0 heterocycles. The molecule has 20 heavy (non-hydrogen) atoms. The van der Waals surface area contributed by atoms with Gasteiger partial charge in [0.2, 0.25) is 0 Å². The molecule has 0 aliphatic rings. The lowest BCUT2D eigenvalue weighted by atomic mass is 10.2. The second kappa shape index (κ2) is 36.1. The van der Waals surface area contributed by atoms with Crippen molar-refractivity contribution in [3.05, 3.63) is 4.91 Å². The van der Waals surface area contributed by atoms with Crippen LogP contribution in [-0.2, 0) is 9.63 Å². The van der Waals surface area contributed by atoms with E-state index in [0.717, 1.165) is 0 Å². The van der Waals surface area contributed by atoms with Crippen molar-refractivity contribution < 1.29 is 9.63 Å². The van der Waals surface area contributed by atoms with Crippen LogP contribution in [0.1, 0.15) is 53.4 Å². The lowest BCUT2D eigenvalue weighted by molar-refractivity contribution is -0.106. The highest BCUT2D eigenvalue weighted by Gasteiger charge is 1.91. The molecule has 0 aromatic heterocycles. The number of hydrogen-bond acceptors (Lipinski definition) is 6. The van der Waals surface area contributed by atoms with Gasteiger partial charge in [0.1, 0.15) is 13.4 Å². The van der Waals surface area contributed by atoms with Gasteiger partial charge in [-0.05, 0) is 26.6 Å². The number of carbonyl (C=O) groups excluding carboxylic acids is 1. The van der Waals surface area contributed by atoms with Crippen molar-refractivity contribution in [1.82, 2.24) is 4.90 Å². The molecular weight excluding hydrogens is 258 g/mol. The van der Waals surface area contributed by atoms with Crippen LogP contribution in [0, 0.1) is 4.91 Å². The van der Waals surface area contributed by atoms with Gasteiger partial charge in [-0.15, -0.1) is 4.91 Å². The van der Waals surface area contributed by atoms with Crippen LogP contribution >= 0.6 is 0 Å². The van der Waals surface area contributed by atoms with E-state index in [0.29, 0.717) is 6.29 Å². The fourth-order valence-corrected chi connectivity index (χ4v) is 0.790. The van der Waals surface area contributed by atoms with Crippen LogP contribution in [0.4, 0.5) is 0 Å². The van der Waals surface area contributed by atoms with Gasteiger partial charge in [-0.1, -0.05) is 47.0 Å². The molecule has 6 heteroatoms. The number of nitrogens with zero attached hydrogens (tertiary/aromatic N) is 2. The first-order valence-corrected chi connectivity index (χ1v) is 7.23. The van der Waals surface area contributed by atoms with E-state index in [1.807, 2.05) is 5.34 Å². The topological polar surface area (TPSA) is 85.0 Å². The molecule has 0 radical (unpaired) electrons. The van der Waals surface area contributed by atoms with E-state index >= 15 is 0 Å². The van der Waals surface area contributed by atoms with Gasteiger partial charge in [0, 0.05) is 6.54 Å². The monoisotopic (exact) mass is 293 g/mol. The maximum atomic E-state index is 9.05. The molecule has 2 N–H and O–H groups in total. The van der Waals surface area contributed by atoms with E-state index in [2.05, 4.69) is 50.2 Å². The summed E-state index contributed by atoms with van der Waals surface area (Å²) >= 11 is 0. The van der Waals surface area contributed by atoms with Crippen molar-refractivity contribution in [3.8, 4) is 0 Å². The second-order valence-electron chi connectivity index (χ2n) is 3.97. The Morgan fingerprint density at radius 2 is 1.60 bits per heavy atom. The zero-order valence-electron chi connectivity index (χ0n) is 14.2. The van der Waals surface area contributed by atoms with Gasteiger partial charge in [0.25, 0.3) is 0 Å². The SMILES string of the molecule is CCC.CCCCCN(C)CC.CON=O.NCC=O. The van der Waals surface area contributed by atoms with Gasteiger partial charge in [0.05, 0.1) is 0 Å². The zero-order chi connectivity index (χ0) is 16.6. The third-order valence-corrected chi connectivity index (χ3v) is 1.85. The van der Waals surface area contributed by atoms with Crippen LogP contribution in [0.3, 0.4) is 0 Å². The average molecular weight is 293 g/mol. The van der Waals surface area contributed by atoms with Crippen LogP contribution in [0.5, 0.6) is 0 Å². The third-order valence-electron chi connectivity index (χ3n) is 1.85. The normalized spacial score (nSPS) is 8.00. The minimum absolute atomic E-state index is 0.139. The van der Waals surface area contributed by atoms with Crippen molar-refractivity contribution >= 4 is 6.29 Å². The molecule has 0 unspecified atom stereocenters. The molecule has 0 aliphatic carbocycles. The lowest BCUT2D eigenvalue weighted by Crippen LogP contribution is -2.18. The maximum Gasteiger partial charge on any atom is 0.154 e. The highest BCUT2D eigenvalue weighted by Crippen LogP contribution is 1.94. The van der Waals surface area contributed by atoms with E-state index in [4.69, 9.17) is 9.70 Å². The van der Waals surface area contributed by atoms with Gasteiger partial charge < -0.3 is 20.3 Å². The molecule has 0 spiro atoms. The summed E-state index contributed by atoms with van der Waals surface area (Å²) in [5, 5.41) is 1.99. The summed E-state index contributed by atoms with van der Waals surface area (Å²) in [6.45, 7) is 11.3. The Labute approximate surface area is 125 Å². The Balaban J connectivity index is -0.0000000976. The fraction of sp³-hybridized carbons (Fsp3) is 0.929. The Morgan fingerprint density at radius 1 is 1.20 bits per heavy atom. The van der Waals surface area contributed by atoms with Crippen LogP contribution in [0.2, 0.25) is 0 Å². The molecule has 0 aliphatic heterocycles. The van der Waals surface area contributed by atoms with E-state index in [1.54, 1.807) is 0 Å². The van der Waals surface area contributed by atoms with E-state index < -0.39 is 0 Å². The predicted octanol–water partition coefficient (Wildman–Crippen LogP) is 3.00. The highest BCUT2D eigenvalue weighted by molar-refractivity contribution is 5.51. The minimum atomic E-state index is 0.139. The van der Waals surface area contributed by atoms with Crippen molar-refractivity contribution in [2.24, 2.45) is 11.1 Å². The minimum Gasteiger partial charge on any atom is -0.367 e. The van der Waals surface area contributed by atoms with Crippen molar-refractivity contribution in [3.63, 3.8) is 0 Å². The number of hydrogen-bond donors (Lipinski definition) is 1. The number of aldehydes is 1. The Morgan fingerprint density at radius 3 is 1.80 bits per heavy atom. The van der Waals surface area contributed by atoms with Gasteiger partial charge in [-0.3, -0.25) is 0 Å². The molecule has 0 saturated heterocycles. The number of rotatable bonds is 7. The highest BCUT2D eigenvalue weighted by atomic mass is 16.7. The third kappa shape index (κ3) is 68.0. The molecule has 0 amide bonds. The Bertz CT molecular complexity index is 151. The second-order valence-corrected chi connectivity index (χ2v) is 3.97. The summed E-state index contributed by atoms with van der Waals surface area (Å²) in [5.41, 5.74) is 4.66. The molecule has 6 nitrogen and oxygen atoms in total. The Kier molecular flexibility index (Phi) is 49.4. The molecule has 0 atom stereocenters. The summed E-state index contributed by atoms with van der Waals surface area (Å²) < 4.78 is 0. The summed E-state index contributed by atoms with van der Waals surface area (Å²) in [4.78, 5) is 23.7. The van der Waals surface area contributed by atoms with E-state index in [1.165, 1.54) is 45.9 Å². The lowest BCUT2D eigenvalue weighted by Gasteiger charge is -2.12. The standard InChI is InChI=1S/C8H19N.C3H8.C2H5NO.CH3NO2/c1-4-6-7-8-9(3)5-2;1-3-2;3-1-2-4;1-4-2-3/h4-8H2,1-3H3;3H2,1-2H3;2H,1,3H2;1H3. The largest absolute Gasteiger partial charge is 0.367 e. The van der Waals surface area contributed by atoms with Crippen molar-refractivity contribution in [1.29, 1.82) is 0 Å². The van der Waals surface area contributed by atoms with Crippen LogP contribution < -0.4 is 5.73 Å². The zero-order valence-corrected chi connectivity index (χ0v) is 14.2. The average Bonchev–Trinajstić information content (AvgIpc) is 2.48. The first kappa shape index (κ1) is 27.4. The molecule has 0 aromatic rings. The maximum absolute atomic E-state index is 9.05. The summed E-state index contributed by atoms with van der Waals surface area (Å²) in [6.07, 6.45) is 5.97.